The molecule has 0 aliphatic carbocycles. The zero-order valence-electron chi connectivity index (χ0n) is 18.3. The third-order valence-electron chi connectivity index (χ3n) is 5.03. The summed E-state index contributed by atoms with van der Waals surface area (Å²) in [7, 11) is 0. The van der Waals surface area contributed by atoms with Crippen LogP contribution in [0.4, 0.5) is 4.79 Å². The molecule has 1 N–H and O–H groups in total. The van der Waals surface area contributed by atoms with Crippen LogP contribution in [0.2, 0.25) is 0 Å². The van der Waals surface area contributed by atoms with E-state index in [1.165, 1.54) is 24.0 Å². The molecule has 0 radical (unpaired) electrons. The molecule has 2 aromatic carbocycles. The van der Waals surface area contributed by atoms with Crippen LogP contribution < -0.4 is 4.74 Å². The minimum atomic E-state index is -0.680. The largest absolute Gasteiger partial charge is 0.514 e. The van der Waals surface area contributed by atoms with Gasteiger partial charge in [0.1, 0.15) is 17.1 Å². The lowest BCUT2D eigenvalue weighted by Crippen LogP contribution is -2.25. The zero-order valence-corrected chi connectivity index (χ0v) is 18.3. The van der Waals surface area contributed by atoms with E-state index in [0.29, 0.717) is 23.3 Å². The number of hydrogen-bond donors (Lipinski definition) is 1. The van der Waals surface area contributed by atoms with E-state index in [4.69, 9.17) is 9.47 Å². The van der Waals surface area contributed by atoms with Crippen LogP contribution >= 0.6 is 0 Å². The van der Waals surface area contributed by atoms with Crippen molar-refractivity contribution < 1.29 is 19.4 Å². The van der Waals surface area contributed by atoms with Gasteiger partial charge in [0.15, 0.2) is 0 Å². The fourth-order valence-electron chi connectivity index (χ4n) is 3.27. The first-order valence-corrected chi connectivity index (χ1v) is 10.4. The Kier molecular flexibility index (Phi) is 8.12. The van der Waals surface area contributed by atoms with Crippen molar-refractivity contribution in [2.45, 2.75) is 77.7 Å². The number of benzene rings is 2. The quantitative estimate of drug-likeness (QED) is 0.291. The summed E-state index contributed by atoms with van der Waals surface area (Å²) >= 11 is 0. The molecular weight excluding hydrogens is 364 g/mol. The summed E-state index contributed by atoms with van der Waals surface area (Å²) in [6.45, 7) is 9.89. The highest BCUT2D eigenvalue weighted by molar-refractivity contribution is 5.64. The predicted molar refractivity (Wildman–Crippen MR) is 117 cm³/mol. The van der Waals surface area contributed by atoms with E-state index in [2.05, 4.69) is 13.8 Å². The second-order valence-corrected chi connectivity index (χ2v) is 8.81. The third-order valence-corrected chi connectivity index (χ3v) is 5.03. The van der Waals surface area contributed by atoms with E-state index >= 15 is 0 Å². The molecule has 0 bridgehead atoms. The molecule has 0 heterocycles. The number of unbranched alkanes of at least 4 members (excludes halogenated alkanes) is 1. The SMILES string of the molecule is CC(CCCCC(C)c1ccc(OC(=O)OC(C)(C)C)cc1)c1ccc(O)cc1. The number of aromatic hydroxyl groups is 1. The van der Waals surface area contributed by atoms with E-state index in [-0.39, 0.29) is 0 Å². The number of carbonyl (C=O) groups is 1. The van der Waals surface area contributed by atoms with Crippen LogP contribution in [0.5, 0.6) is 11.5 Å². The van der Waals surface area contributed by atoms with Crippen LogP contribution in [0.15, 0.2) is 48.5 Å². The Hall–Kier alpha value is -2.49. The van der Waals surface area contributed by atoms with Gasteiger partial charge >= 0.3 is 6.16 Å². The van der Waals surface area contributed by atoms with E-state index in [1.807, 2.05) is 57.2 Å². The van der Waals surface area contributed by atoms with Gasteiger partial charge in [0.05, 0.1) is 0 Å². The summed E-state index contributed by atoms with van der Waals surface area (Å²) in [4.78, 5) is 11.7. The Bertz CT molecular complexity index is 757. The molecule has 4 nitrogen and oxygen atoms in total. The highest BCUT2D eigenvalue weighted by atomic mass is 16.7. The van der Waals surface area contributed by atoms with Crippen LogP contribution in [0, 0.1) is 0 Å². The maximum absolute atomic E-state index is 11.7. The molecule has 0 aliphatic heterocycles. The Balaban J connectivity index is 1.74. The molecule has 0 spiro atoms. The summed E-state index contributed by atoms with van der Waals surface area (Å²) in [6, 6.07) is 15.2. The number of phenolic OH excluding ortho intramolecular Hbond substituents is 1. The lowest BCUT2D eigenvalue weighted by Gasteiger charge is -2.19. The van der Waals surface area contributed by atoms with E-state index in [0.717, 1.165) is 12.8 Å². The Labute approximate surface area is 174 Å². The summed E-state index contributed by atoms with van der Waals surface area (Å²) in [5.41, 5.74) is 1.95. The topological polar surface area (TPSA) is 55.8 Å². The highest BCUT2D eigenvalue weighted by Crippen LogP contribution is 2.27. The summed E-state index contributed by atoms with van der Waals surface area (Å²) in [5, 5.41) is 9.40. The molecule has 2 atom stereocenters. The van der Waals surface area contributed by atoms with Crippen LogP contribution in [0.25, 0.3) is 0 Å². The van der Waals surface area contributed by atoms with Crippen molar-refractivity contribution in [3.8, 4) is 11.5 Å². The van der Waals surface area contributed by atoms with Crippen molar-refractivity contribution in [3.05, 3.63) is 59.7 Å². The lowest BCUT2D eigenvalue weighted by molar-refractivity contribution is 0.0206. The fraction of sp³-hybridized carbons (Fsp3) is 0.480. The van der Waals surface area contributed by atoms with E-state index in [1.54, 1.807) is 12.1 Å². The van der Waals surface area contributed by atoms with Gasteiger partial charge in [-0.2, -0.15) is 0 Å². The smallest absolute Gasteiger partial charge is 0.508 e. The van der Waals surface area contributed by atoms with Crippen molar-refractivity contribution in [1.29, 1.82) is 0 Å². The monoisotopic (exact) mass is 398 g/mol. The second-order valence-electron chi connectivity index (χ2n) is 8.81. The van der Waals surface area contributed by atoms with E-state index < -0.39 is 11.8 Å². The van der Waals surface area contributed by atoms with Gasteiger partial charge in [0.25, 0.3) is 0 Å². The highest BCUT2D eigenvalue weighted by Gasteiger charge is 2.18. The van der Waals surface area contributed by atoms with Crippen molar-refractivity contribution in [1.82, 2.24) is 0 Å². The molecule has 4 heteroatoms. The number of rotatable bonds is 8. The van der Waals surface area contributed by atoms with Crippen molar-refractivity contribution in [3.63, 3.8) is 0 Å². The van der Waals surface area contributed by atoms with Crippen LogP contribution in [0.3, 0.4) is 0 Å². The van der Waals surface area contributed by atoms with E-state index in [9.17, 15) is 9.90 Å². The van der Waals surface area contributed by atoms with Gasteiger partial charge in [0.2, 0.25) is 0 Å². The van der Waals surface area contributed by atoms with Gasteiger partial charge in [0, 0.05) is 0 Å². The second kappa shape index (κ2) is 10.3. The van der Waals surface area contributed by atoms with Gasteiger partial charge in [-0.25, -0.2) is 4.79 Å². The molecular formula is C25H34O4. The number of ether oxygens (including phenoxy) is 2. The zero-order chi connectivity index (χ0) is 21.4. The molecule has 0 saturated carbocycles. The molecule has 0 aromatic heterocycles. The average molecular weight is 399 g/mol. The van der Waals surface area contributed by atoms with Gasteiger partial charge in [-0.05, 0) is 80.8 Å². The molecule has 2 rings (SSSR count). The average Bonchev–Trinajstić information content (AvgIpc) is 2.64. The molecule has 0 fully saturated rings. The summed E-state index contributed by atoms with van der Waals surface area (Å²) < 4.78 is 10.4. The van der Waals surface area contributed by atoms with Crippen molar-refractivity contribution >= 4 is 6.16 Å². The standard InChI is InChI=1S/C25H34O4/c1-18(20-10-14-22(26)15-11-20)8-6-7-9-19(2)21-12-16-23(17-13-21)28-24(27)29-25(3,4)5/h10-19,26H,6-9H2,1-5H3. The Morgan fingerprint density at radius 1 is 0.862 bits per heavy atom. The van der Waals surface area contributed by atoms with Gasteiger partial charge in [-0.15, -0.1) is 0 Å². The number of phenols is 1. The number of carbonyl (C=O) groups excluding carboxylic acids is 1. The minimum Gasteiger partial charge on any atom is -0.508 e. The maximum atomic E-state index is 11.7. The van der Waals surface area contributed by atoms with Crippen molar-refractivity contribution in [2.75, 3.05) is 0 Å². The lowest BCUT2D eigenvalue weighted by atomic mass is 9.91. The fourth-order valence-corrected chi connectivity index (χ4v) is 3.27. The summed E-state index contributed by atoms with van der Waals surface area (Å²) in [6.07, 6.45) is 3.92. The third kappa shape index (κ3) is 8.18. The Morgan fingerprint density at radius 3 is 1.76 bits per heavy atom. The molecule has 2 unspecified atom stereocenters. The predicted octanol–water partition coefficient (Wildman–Crippen LogP) is 7.17. The molecule has 158 valence electrons. The first-order valence-electron chi connectivity index (χ1n) is 10.4. The Morgan fingerprint density at radius 2 is 1.31 bits per heavy atom. The molecule has 2 aromatic rings. The summed E-state index contributed by atoms with van der Waals surface area (Å²) in [5.74, 6) is 1.76. The number of hydrogen-bond acceptors (Lipinski definition) is 4. The molecule has 0 aliphatic rings. The van der Waals surface area contributed by atoms with Crippen LogP contribution in [-0.2, 0) is 4.74 Å². The minimum absolute atomic E-state index is 0.317. The van der Waals surface area contributed by atoms with Crippen LogP contribution in [-0.4, -0.2) is 16.9 Å². The first kappa shape index (κ1) is 22.8. The van der Waals surface area contributed by atoms with Crippen LogP contribution in [0.1, 0.15) is 83.3 Å². The molecule has 29 heavy (non-hydrogen) atoms. The molecule has 0 amide bonds. The first-order chi connectivity index (χ1) is 13.6. The van der Waals surface area contributed by atoms with Gasteiger partial charge in [-0.1, -0.05) is 51.0 Å². The van der Waals surface area contributed by atoms with Gasteiger partial charge < -0.3 is 14.6 Å². The normalized spacial score (nSPS) is 13.6. The van der Waals surface area contributed by atoms with Gasteiger partial charge in [-0.3, -0.25) is 0 Å². The van der Waals surface area contributed by atoms with Crippen molar-refractivity contribution in [2.24, 2.45) is 0 Å². The maximum Gasteiger partial charge on any atom is 0.514 e. The molecule has 0 saturated heterocycles.